The van der Waals surface area contributed by atoms with E-state index in [1.54, 1.807) is 12.1 Å². The van der Waals surface area contributed by atoms with Gasteiger partial charge in [0.15, 0.2) is 0 Å². The average molecular weight is 328 g/mol. The molecule has 0 saturated heterocycles. The first-order valence-corrected chi connectivity index (χ1v) is 7.56. The number of rotatable bonds is 7. The molecule has 2 aromatic carbocycles. The molecule has 6 nitrogen and oxygen atoms in total. The molecule has 0 aromatic heterocycles. The van der Waals surface area contributed by atoms with E-state index in [1.165, 1.54) is 0 Å². The van der Waals surface area contributed by atoms with Gasteiger partial charge in [-0.1, -0.05) is 54.6 Å². The van der Waals surface area contributed by atoms with E-state index in [-0.39, 0.29) is 13.0 Å². The molecule has 0 bridgehead atoms. The normalized spacial score (nSPS) is 11.5. The van der Waals surface area contributed by atoms with E-state index < -0.39 is 18.1 Å². The highest BCUT2D eigenvalue weighted by Crippen LogP contribution is 2.08. The molecule has 1 amide bonds. The zero-order valence-corrected chi connectivity index (χ0v) is 13.1. The summed E-state index contributed by atoms with van der Waals surface area (Å²) in [6, 6.07) is 15.4. The number of carbonyl (C=O) groups excluding carboxylic acids is 1. The molecule has 2 aromatic rings. The van der Waals surface area contributed by atoms with Crippen LogP contribution in [0, 0.1) is 0 Å². The maximum absolute atomic E-state index is 11.8. The van der Waals surface area contributed by atoms with Crippen molar-refractivity contribution in [1.29, 1.82) is 0 Å². The number of amides is 1. The van der Waals surface area contributed by atoms with Crippen LogP contribution in [-0.4, -0.2) is 23.2 Å². The summed E-state index contributed by atoms with van der Waals surface area (Å²) >= 11 is 0. The maximum Gasteiger partial charge on any atom is 0.408 e. The number of hydrogen-bond acceptors (Lipinski definition) is 4. The van der Waals surface area contributed by atoms with Crippen LogP contribution in [0.25, 0.3) is 0 Å². The molecule has 4 N–H and O–H groups in total. The average Bonchev–Trinajstić information content (AvgIpc) is 2.61. The minimum atomic E-state index is -1.12. The van der Waals surface area contributed by atoms with Gasteiger partial charge in [-0.25, -0.2) is 9.59 Å². The molecule has 0 aliphatic heterocycles. The SMILES string of the molecule is NCc1ccc(CC(NC(=O)OCc2ccccc2)C(=O)O)cc1. The van der Waals surface area contributed by atoms with Crippen LogP contribution in [0.1, 0.15) is 16.7 Å². The Labute approximate surface area is 140 Å². The highest BCUT2D eigenvalue weighted by Gasteiger charge is 2.21. The second-order valence-electron chi connectivity index (χ2n) is 5.32. The third kappa shape index (κ3) is 5.40. The fourth-order valence-corrected chi connectivity index (χ4v) is 2.15. The molecule has 0 spiro atoms. The molecule has 2 rings (SSSR count). The van der Waals surface area contributed by atoms with Gasteiger partial charge < -0.3 is 20.9 Å². The number of benzene rings is 2. The van der Waals surface area contributed by atoms with Crippen molar-refractivity contribution >= 4 is 12.1 Å². The second kappa shape index (κ2) is 8.69. The molecule has 0 aliphatic rings. The Hall–Kier alpha value is -2.86. The van der Waals surface area contributed by atoms with Crippen molar-refractivity contribution in [3.05, 3.63) is 71.3 Å². The summed E-state index contributed by atoms with van der Waals surface area (Å²) in [7, 11) is 0. The fourth-order valence-electron chi connectivity index (χ4n) is 2.15. The van der Waals surface area contributed by atoms with Crippen molar-refractivity contribution < 1.29 is 19.4 Å². The Morgan fingerprint density at radius 1 is 1.00 bits per heavy atom. The lowest BCUT2D eigenvalue weighted by atomic mass is 10.0. The number of alkyl carbamates (subject to hydrolysis) is 1. The van der Waals surface area contributed by atoms with Crippen LogP contribution in [0.2, 0.25) is 0 Å². The lowest BCUT2D eigenvalue weighted by molar-refractivity contribution is -0.139. The van der Waals surface area contributed by atoms with E-state index in [2.05, 4.69) is 5.32 Å². The second-order valence-corrected chi connectivity index (χ2v) is 5.32. The van der Waals surface area contributed by atoms with Gasteiger partial charge in [-0.05, 0) is 16.7 Å². The summed E-state index contributed by atoms with van der Waals surface area (Å²) in [5, 5.41) is 11.7. The van der Waals surface area contributed by atoms with Crippen LogP contribution in [-0.2, 0) is 29.1 Å². The summed E-state index contributed by atoms with van der Waals surface area (Å²) in [6.45, 7) is 0.511. The van der Waals surface area contributed by atoms with E-state index in [9.17, 15) is 14.7 Å². The number of nitrogens with two attached hydrogens (primary N) is 1. The minimum absolute atomic E-state index is 0.0875. The van der Waals surface area contributed by atoms with Crippen LogP contribution >= 0.6 is 0 Å². The fraction of sp³-hybridized carbons (Fsp3) is 0.222. The summed E-state index contributed by atoms with van der Waals surface area (Å²) in [4.78, 5) is 23.2. The number of carboxylic acid groups (broad SMARTS) is 1. The number of aliphatic carboxylic acids is 1. The van der Waals surface area contributed by atoms with Crippen molar-refractivity contribution in [2.24, 2.45) is 5.73 Å². The van der Waals surface area contributed by atoms with Gasteiger partial charge in [-0.15, -0.1) is 0 Å². The monoisotopic (exact) mass is 328 g/mol. The molecule has 0 aliphatic carbocycles. The molecule has 0 heterocycles. The predicted octanol–water partition coefficient (Wildman–Crippen LogP) is 2.07. The third-order valence-electron chi connectivity index (χ3n) is 3.50. The lowest BCUT2D eigenvalue weighted by Gasteiger charge is -2.15. The summed E-state index contributed by atoms with van der Waals surface area (Å²) in [6.07, 6.45) is -0.592. The molecule has 126 valence electrons. The van der Waals surface area contributed by atoms with E-state index in [1.807, 2.05) is 42.5 Å². The molecular formula is C18H20N2O4. The quantitative estimate of drug-likeness (QED) is 0.722. The van der Waals surface area contributed by atoms with Crippen LogP contribution in [0.3, 0.4) is 0 Å². The van der Waals surface area contributed by atoms with Crippen LogP contribution in [0.15, 0.2) is 54.6 Å². The molecule has 0 radical (unpaired) electrons. The summed E-state index contributed by atoms with van der Waals surface area (Å²) in [5.41, 5.74) is 8.11. The Balaban J connectivity index is 1.90. The summed E-state index contributed by atoms with van der Waals surface area (Å²) in [5.74, 6) is -1.12. The van der Waals surface area contributed by atoms with Gasteiger partial charge in [0.1, 0.15) is 12.6 Å². The standard InChI is InChI=1S/C18H20N2O4/c19-11-14-8-6-13(7-9-14)10-16(17(21)22)20-18(23)24-12-15-4-2-1-3-5-15/h1-9,16H,10-12,19H2,(H,20,23)(H,21,22). The maximum atomic E-state index is 11.8. The van der Waals surface area contributed by atoms with Gasteiger partial charge in [0, 0.05) is 13.0 Å². The summed E-state index contributed by atoms with van der Waals surface area (Å²) < 4.78 is 5.05. The van der Waals surface area contributed by atoms with Crippen LogP contribution in [0.4, 0.5) is 4.79 Å². The highest BCUT2D eigenvalue weighted by atomic mass is 16.5. The largest absolute Gasteiger partial charge is 0.480 e. The van der Waals surface area contributed by atoms with Crippen molar-refractivity contribution in [2.45, 2.75) is 25.6 Å². The van der Waals surface area contributed by atoms with Gasteiger partial charge in [0.05, 0.1) is 0 Å². The Morgan fingerprint density at radius 2 is 1.62 bits per heavy atom. The molecule has 24 heavy (non-hydrogen) atoms. The molecular weight excluding hydrogens is 308 g/mol. The number of nitrogens with one attached hydrogen (secondary N) is 1. The van der Waals surface area contributed by atoms with Gasteiger partial charge in [0.2, 0.25) is 0 Å². The zero-order valence-electron chi connectivity index (χ0n) is 13.1. The predicted molar refractivity (Wildman–Crippen MR) is 89.2 cm³/mol. The number of ether oxygens (including phenoxy) is 1. The van der Waals surface area contributed by atoms with E-state index in [4.69, 9.17) is 10.5 Å². The van der Waals surface area contributed by atoms with Crippen molar-refractivity contribution in [1.82, 2.24) is 5.32 Å². The third-order valence-corrected chi connectivity index (χ3v) is 3.50. The van der Waals surface area contributed by atoms with Crippen molar-refractivity contribution in [3.63, 3.8) is 0 Å². The Bertz CT molecular complexity index is 671. The first-order valence-electron chi connectivity index (χ1n) is 7.56. The first-order chi connectivity index (χ1) is 11.6. The van der Waals surface area contributed by atoms with Crippen LogP contribution < -0.4 is 11.1 Å². The van der Waals surface area contributed by atoms with Gasteiger partial charge in [0.25, 0.3) is 0 Å². The molecule has 0 fully saturated rings. The van der Waals surface area contributed by atoms with E-state index in [0.29, 0.717) is 6.54 Å². The number of carboxylic acids is 1. The Morgan fingerprint density at radius 3 is 2.21 bits per heavy atom. The topological polar surface area (TPSA) is 102 Å². The smallest absolute Gasteiger partial charge is 0.408 e. The zero-order chi connectivity index (χ0) is 17.4. The van der Waals surface area contributed by atoms with E-state index >= 15 is 0 Å². The number of carbonyl (C=O) groups is 2. The lowest BCUT2D eigenvalue weighted by Crippen LogP contribution is -2.42. The van der Waals surface area contributed by atoms with Gasteiger partial charge in [-0.2, -0.15) is 0 Å². The van der Waals surface area contributed by atoms with Gasteiger partial charge >= 0.3 is 12.1 Å². The first kappa shape index (κ1) is 17.5. The molecule has 6 heteroatoms. The van der Waals surface area contributed by atoms with Crippen molar-refractivity contribution in [3.8, 4) is 0 Å². The molecule has 0 saturated carbocycles. The van der Waals surface area contributed by atoms with Gasteiger partial charge in [-0.3, -0.25) is 0 Å². The van der Waals surface area contributed by atoms with Crippen molar-refractivity contribution in [2.75, 3.05) is 0 Å². The minimum Gasteiger partial charge on any atom is -0.480 e. The highest BCUT2D eigenvalue weighted by molar-refractivity contribution is 5.80. The molecule has 1 atom stereocenters. The molecule has 1 unspecified atom stereocenters. The number of hydrogen-bond donors (Lipinski definition) is 3. The van der Waals surface area contributed by atoms with E-state index in [0.717, 1.165) is 16.7 Å². The van der Waals surface area contributed by atoms with Crippen LogP contribution in [0.5, 0.6) is 0 Å². The Kier molecular flexibility index (Phi) is 6.33.